The molecule has 0 bridgehead atoms. The molecule has 1 fully saturated rings. The van der Waals surface area contributed by atoms with Crippen molar-refractivity contribution in [1.29, 1.82) is 0 Å². The highest BCUT2D eigenvalue weighted by Crippen LogP contribution is 2.20. The number of carbonyl (C=O) groups is 1. The van der Waals surface area contributed by atoms with Crippen LogP contribution < -0.4 is 21.1 Å². The molecule has 0 radical (unpaired) electrons. The van der Waals surface area contributed by atoms with Gasteiger partial charge in [-0.05, 0) is 19.8 Å². The standard InChI is InChI=1S/C17H24N6O3/c1-4-13-14(11(2)21-26-13)20-17(25)19-12-6-5-8-23(10-12)15-16(24)22(3)9-7-18-15/h7,9,12H,4-6,8,10H2,1-3H3,(H2,19,20,25). The molecule has 9 heteroatoms. The molecule has 2 aromatic heterocycles. The van der Waals surface area contributed by atoms with E-state index in [1.54, 1.807) is 26.4 Å². The fourth-order valence-electron chi connectivity index (χ4n) is 3.14. The van der Waals surface area contributed by atoms with Crippen LogP contribution in [0, 0.1) is 6.92 Å². The van der Waals surface area contributed by atoms with E-state index in [0.717, 1.165) is 19.4 Å². The molecule has 0 saturated carbocycles. The van der Waals surface area contributed by atoms with E-state index in [2.05, 4.69) is 20.8 Å². The molecule has 1 atom stereocenters. The third-order valence-electron chi connectivity index (χ3n) is 4.55. The molecule has 26 heavy (non-hydrogen) atoms. The Morgan fingerprint density at radius 2 is 2.27 bits per heavy atom. The van der Waals surface area contributed by atoms with E-state index in [1.165, 1.54) is 4.57 Å². The molecule has 140 valence electrons. The number of aromatic nitrogens is 3. The maximum Gasteiger partial charge on any atom is 0.319 e. The van der Waals surface area contributed by atoms with Gasteiger partial charge < -0.3 is 24.6 Å². The summed E-state index contributed by atoms with van der Waals surface area (Å²) >= 11 is 0. The minimum absolute atomic E-state index is 0.0688. The lowest BCUT2D eigenvalue weighted by Crippen LogP contribution is -2.50. The van der Waals surface area contributed by atoms with E-state index in [0.29, 0.717) is 35.9 Å². The quantitative estimate of drug-likeness (QED) is 0.854. The van der Waals surface area contributed by atoms with Gasteiger partial charge >= 0.3 is 6.03 Å². The number of rotatable bonds is 4. The maximum atomic E-state index is 12.4. The van der Waals surface area contributed by atoms with Crippen LogP contribution in [0.15, 0.2) is 21.7 Å². The highest BCUT2D eigenvalue weighted by molar-refractivity contribution is 5.90. The lowest BCUT2D eigenvalue weighted by atomic mass is 10.1. The highest BCUT2D eigenvalue weighted by atomic mass is 16.5. The van der Waals surface area contributed by atoms with Crippen molar-refractivity contribution in [2.24, 2.45) is 7.05 Å². The fourth-order valence-corrected chi connectivity index (χ4v) is 3.14. The molecule has 2 N–H and O–H groups in total. The predicted octanol–water partition coefficient (Wildman–Crippen LogP) is 1.43. The second-order valence-electron chi connectivity index (χ2n) is 6.47. The van der Waals surface area contributed by atoms with Gasteiger partial charge in [-0.25, -0.2) is 9.78 Å². The van der Waals surface area contributed by atoms with Crippen molar-refractivity contribution in [1.82, 2.24) is 20.0 Å². The Morgan fingerprint density at radius 3 is 3.04 bits per heavy atom. The van der Waals surface area contributed by atoms with Crippen molar-refractivity contribution in [3.8, 4) is 0 Å². The lowest BCUT2D eigenvalue weighted by molar-refractivity contribution is 0.246. The summed E-state index contributed by atoms with van der Waals surface area (Å²) in [5, 5.41) is 9.68. The minimum atomic E-state index is -0.299. The largest absolute Gasteiger partial charge is 0.359 e. The molecule has 9 nitrogen and oxygen atoms in total. The molecule has 1 aliphatic heterocycles. The van der Waals surface area contributed by atoms with Gasteiger partial charge in [-0.1, -0.05) is 12.1 Å². The monoisotopic (exact) mass is 360 g/mol. The molecule has 0 spiro atoms. The van der Waals surface area contributed by atoms with Crippen molar-refractivity contribution in [3.05, 3.63) is 34.2 Å². The number of aryl methyl sites for hydroxylation is 3. The molecular formula is C17H24N6O3. The summed E-state index contributed by atoms with van der Waals surface area (Å²) < 4.78 is 6.70. The average Bonchev–Trinajstić information content (AvgIpc) is 2.97. The van der Waals surface area contributed by atoms with E-state index in [4.69, 9.17) is 4.52 Å². The van der Waals surface area contributed by atoms with Crippen molar-refractivity contribution in [2.45, 2.75) is 39.2 Å². The first kappa shape index (κ1) is 18.0. The fraction of sp³-hybridized carbons (Fsp3) is 0.529. The molecule has 2 amide bonds. The smallest absolute Gasteiger partial charge is 0.319 e. The highest BCUT2D eigenvalue weighted by Gasteiger charge is 2.25. The second-order valence-corrected chi connectivity index (χ2v) is 6.47. The molecular weight excluding hydrogens is 336 g/mol. The molecule has 3 heterocycles. The zero-order valence-electron chi connectivity index (χ0n) is 15.3. The van der Waals surface area contributed by atoms with E-state index >= 15 is 0 Å². The van der Waals surface area contributed by atoms with Gasteiger partial charge in [0.05, 0.1) is 0 Å². The molecule has 2 aromatic rings. The lowest BCUT2D eigenvalue weighted by Gasteiger charge is -2.33. The summed E-state index contributed by atoms with van der Waals surface area (Å²) in [5.41, 5.74) is 1.14. The van der Waals surface area contributed by atoms with Crippen LogP contribution in [0.4, 0.5) is 16.3 Å². The summed E-state index contributed by atoms with van der Waals surface area (Å²) in [6.45, 7) is 5.02. The van der Waals surface area contributed by atoms with Crippen LogP contribution in [0.5, 0.6) is 0 Å². The van der Waals surface area contributed by atoms with Crippen LogP contribution in [0.1, 0.15) is 31.2 Å². The number of nitrogens with zero attached hydrogens (tertiary/aromatic N) is 4. The van der Waals surface area contributed by atoms with Crippen LogP contribution in [0.3, 0.4) is 0 Å². The van der Waals surface area contributed by atoms with Crippen LogP contribution in [0.2, 0.25) is 0 Å². The SMILES string of the molecule is CCc1onc(C)c1NC(=O)NC1CCCN(c2nccn(C)c2=O)C1. The van der Waals surface area contributed by atoms with E-state index in [-0.39, 0.29) is 17.6 Å². The Bertz CT molecular complexity index is 843. The summed E-state index contributed by atoms with van der Waals surface area (Å²) in [6.07, 6.45) is 5.61. The summed E-state index contributed by atoms with van der Waals surface area (Å²) in [4.78, 5) is 30.8. The van der Waals surface area contributed by atoms with Gasteiger partial charge in [0, 0.05) is 45.0 Å². The van der Waals surface area contributed by atoms with Crippen molar-refractivity contribution in [3.63, 3.8) is 0 Å². The predicted molar refractivity (Wildman–Crippen MR) is 97.5 cm³/mol. The van der Waals surface area contributed by atoms with E-state index < -0.39 is 0 Å². The Labute approximate surface area is 151 Å². The third-order valence-corrected chi connectivity index (χ3v) is 4.55. The van der Waals surface area contributed by atoms with Gasteiger partial charge in [0.2, 0.25) is 0 Å². The first-order chi connectivity index (χ1) is 12.5. The van der Waals surface area contributed by atoms with Crippen molar-refractivity contribution >= 4 is 17.5 Å². The topological polar surface area (TPSA) is 105 Å². The Balaban J connectivity index is 1.65. The number of nitrogens with one attached hydrogen (secondary N) is 2. The summed E-state index contributed by atoms with van der Waals surface area (Å²) in [7, 11) is 1.70. The molecule has 0 aliphatic carbocycles. The van der Waals surface area contributed by atoms with E-state index in [1.807, 2.05) is 11.8 Å². The Hall–Kier alpha value is -2.84. The van der Waals surface area contributed by atoms with Gasteiger partial charge in [-0.15, -0.1) is 0 Å². The van der Waals surface area contributed by atoms with Crippen LogP contribution in [0.25, 0.3) is 0 Å². The second kappa shape index (κ2) is 7.59. The zero-order chi connectivity index (χ0) is 18.7. The maximum absolute atomic E-state index is 12.4. The third kappa shape index (κ3) is 3.71. The Kier molecular flexibility index (Phi) is 5.24. The minimum Gasteiger partial charge on any atom is -0.359 e. The molecule has 1 aliphatic rings. The average molecular weight is 360 g/mol. The number of carbonyl (C=O) groups excluding carboxylic acids is 1. The number of amides is 2. The number of piperidine rings is 1. The molecule has 0 aromatic carbocycles. The Morgan fingerprint density at radius 1 is 1.46 bits per heavy atom. The van der Waals surface area contributed by atoms with Crippen LogP contribution in [-0.4, -0.2) is 39.9 Å². The van der Waals surface area contributed by atoms with Gasteiger partial charge in [-0.2, -0.15) is 0 Å². The summed E-state index contributed by atoms with van der Waals surface area (Å²) in [5.74, 6) is 1.07. The van der Waals surface area contributed by atoms with Gasteiger partial charge in [0.1, 0.15) is 11.4 Å². The zero-order valence-corrected chi connectivity index (χ0v) is 15.3. The van der Waals surface area contributed by atoms with Crippen molar-refractivity contribution in [2.75, 3.05) is 23.3 Å². The van der Waals surface area contributed by atoms with Crippen LogP contribution >= 0.6 is 0 Å². The molecule has 1 unspecified atom stereocenters. The first-order valence-electron chi connectivity index (χ1n) is 8.78. The van der Waals surface area contributed by atoms with Gasteiger partial charge in [0.15, 0.2) is 11.6 Å². The number of hydrogen-bond acceptors (Lipinski definition) is 6. The van der Waals surface area contributed by atoms with Gasteiger partial charge in [-0.3, -0.25) is 4.79 Å². The molecule has 1 saturated heterocycles. The number of anilines is 2. The first-order valence-corrected chi connectivity index (χ1v) is 8.78. The van der Waals surface area contributed by atoms with E-state index in [9.17, 15) is 9.59 Å². The number of hydrogen-bond donors (Lipinski definition) is 2. The number of urea groups is 1. The van der Waals surface area contributed by atoms with Gasteiger partial charge in [0.25, 0.3) is 5.56 Å². The van der Waals surface area contributed by atoms with Crippen molar-refractivity contribution < 1.29 is 9.32 Å². The normalized spacial score (nSPS) is 17.2. The summed E-state index contributed by atoms with van der Waals surface area (Å²) in [6, 6.07) is -0.368. The molecule has 3 rings (SSSR count). The van der Waals surface area contributed by atoms with Crippen LogP contribution in [-0.2, 0) is 13.5 Å².